The maximum atomic E-state index is 11.4. The summed E-state index contributed by atoms with van der Waals surface area (Å²) in [5, 5.41) is 9.93. The van der Waals surface area contributed by atoms with Crippen LogP contribution in [0.15, 0.2) is 24.3 Å². The molecular formula is C9H11ClINO3S. The minimum atomic E-state index is -3.60. The van der Waals surface area contributed by atoms with Gasteiger partial charge in [0.2, 0.25) is 2.21 Å². The minimum absolute atomic E-state index is 0.370. The van der Waals surface area contributed by atoms with Gasteiger partial charge in [-0.15, -0.1) is 0 Å². The second kappa shape index (κ2) is 4.67. The molecule has 7 heteroatoms. The van der Waals surface area contributed by atoms with Crippen LogP contribution in [0.4, 0.5) is 5.69 Å². The van der Waals surface area contributed by atoms with Crippen LogP contribution in [0.25, 0.3) is 0 Å². The van der Waals surface area contributed by atoms with Gasteiger partial charge in [0, 0.05) is 11.9 Å². The van der Waals surface area contributed by atoms with Gasteiger partial charge >= 0.3 is 0 Å². The van der Waals surface area contributed by atoms with Crippen molar-refractivity contribution in [1.29, 1.82) is 0 Å². The number of aliphatic hydroxyl groups excluding tert-OH is 1. The van der Waals surface area contributed by atoms with Crippen LogP contribution in [0, 0.1) is 0 Å². The van der Waals surface area contributed by atoms with E-state index in [1.165, 1.54) is 28.7 Å². The van der Waals surface area contributed by atoms with E-state index in [1.807, 2.05) is 0 Å². The molecule has 0 saturated carbocycles. The fraction of sp³-hybridized carbons (Fsp3) is 0.333. The summed E-state index contributed by atoms with van der Waals surface area (Å²) in [7, 11) is -3.60. The van der Waals surface area contributed by atoms with Crippen molar-refractivity contribution in [2.45, 2.75) is 8.32 Å². The molecule has 0 unspecified atom stereocenters. The third kappa shape index (κ3) is 2.79. The summed E-state index contributed by atoms with van der Waals surface area (Å²) in [5.41, 5.74) is 6.35. The number of hydrogen-bond acceptors (Lipinski definition) is 4. The Morgan fingerprint density at radius 1 is 1.56 bits per heavy atom. The molecule has 0 radical (unpaired) electrons. The molecule has 1 aromatic rings. The van der Waals surface area contributed by atoms with Crippen molar-refractivity contribution in [2.24, 2.45) is 0 Å². The van der Waals surface area contributed by atoms with Crippen molar-refractivity contribution in [3.05, 3.63) is 29.8 Å². The van der Waals surface area contributed by atoms with Crippen molar-refractivity contribution in [3.63, 3.8) is 0 Å². The molecule has 0 saturated heterocycles. The highest BCUT2D eigenvalue weighted by Crippen LogP contribution is 2.42. The highest BCUT2D eigenvalue weighted by atomic mass is 127. The third-order valence-electron chi connectivity index (χ3n) is 2.04. The molecule has 0 amide bonds. The molecule has 3 N–H and O–H groups in total. The quantitative estimate of drug-likeness (QED) is 0.478. The maximum absolute atomic E-state index is 11.4. The van der Waals surface area contributed by atoms with E-state index in [-0.39, 0.29) is 0 Å². The van der Waals surface area contributed by atoms with Gasteiger partial charge in [0.1, 0.15) is 6.10 Å². The van der Waals surface area contributed by atoms with E-state index in [0.717, 1.165) is 6.26 Å². The fourth-order valence-corrected chi connectivity index (χ4v) is 2.15. The van der Waals surface area contributed by atoms with Crippen molar-refractivity contribution < 1.29 is 13.5 Å². The molecule has 0 spiro atoms. The van der Waals surface area contributed by atoms with Gasteiger partial charge < -0.3 is 10.8 Å². The van der Waals surface area contributed by atoms with Crippen LogP contribution in [0.2, 0.25) is 0 Å². The van der Waals surface area contributed by atoms with Crippen LogP contribution in [0.1, 0.15) is 11.7 Å². The summed E-state index contributed by atoms with van der Waals surface area (Å²) < 4.78 is 21.1. The van der Waals surface area contributed by atoms with Crippen LogP contribution in [0.3, 0.4) is 0 Å². The van der Waals surface area contributed by atoms with Gasteiger partial charge in [-0.2, -0.15) is 0 Å². The number of halogens is 2. The number of anilines is 1. The van der Waals surface area contributed by atoms with Crippen molar-refractivity contribution in [2.75, 3.05) is 12.0 Å². The van der Waals surface area contributed by atoms with Gasteiger partial charge in [0.25, 0.3) is 0 Å². The van der Waals surface area contributed by atoms with Gasteiger partial charge in [-0.25, -0.2) is 8.42 Å². The topological polar surface area (TPSA) is 80.4 Å². The van der Waals surface area contributed by atoms with Crippen molar-refractivity contribution in [3.8, 4) is 0 Å². The maximum Gasteiger partial charge on any atom is 0.224 e. The fourth-order valence-electron chi connectivity index (χ4n) is 1.13. The summed E-state index contributed by atoms with van der Waals surface area (Å²) >= 11 is 7.37. The van der Waals surface area contributed by atoms with Crippen LogP contribution in [-0.4, -0.2) is 22.0 Å². The zero-order chi connectivity index (χ0) is 12.6. The number of hydrogen-bond donors (Lipinski definition) is 2. The third-order valence-corrected chi connectivity index (χ3v) is 7.29. The number of alkyl halides is 2. The normalized spacial score (nSPS) is 17.8. The zero-order valence-electron chi connectivity index (χ0n) is 8.39. The Balaban J connectivity index is 3.17. The largest absolute Gasteiger partial charge is 0.399 e. The second-order valence-electron chi connectivity index (χ2n) is 3.41. The number of nitrogens with two attached hydrogens (primary N) is 1. The van der Waals surface area contributed by atoms with E-state index in [4.69, 9.17) is 17.3 Å². The van der Waals surface area contributed by atoms with E-state index in [0.29, 0.717) is 11.3 Å². The summed E-state index contributed by atoms with van der Waals surface area (Å²) in [6, 6.07) is 6.33. The SMILES string of the molecule is CS(=O)(=O)[C@](Cl)(I)[C@@H](O)c1cccc(N)c1. The van der Waals surface area contributed by atoms with E-state index in [9.17, 15) is 13.5 Å². The first-order valence-electron chi connectivity index (χ1n) is 4.27. The van der Waals surface area contributed by atoms with Gasteiger partial charge in [0.05, 0.1) is 0 Å². The molecule has 1 aromatic carbocycles. The second-order valence-corrected chi connectivity index (χ2v) is 9.49. The predicted octanol–water partition coefficient (Wildman–Crippen LogP) is 1.67. The summed E-state index contributed by atoms with van der Waals surface area (Å²) in [6.45, 7) is 0. The van der Waals surface area contributed by atoms with Gasteiger partial charge in [-0.05, 0) is 40.3 Å². The molecule has 0 aliphatic rings. The monoisotopic (exact) mass is 375 g/mol. The van der Waals surface area contributed by atoms with Crippen LogP contribution in [-0.2, 0) is 9.84 Å². The lowest BCUT2D eigenvalue weighted by Crippen LogP contribution is -2.32. The first-order chi connectivity index (χ1) is 7.16. The lowest BCUT2D eigenvalue weighted by atomic mass is 10.1. The average molecular weight is 376 g/mol. The molecule has 0 aromatic heterocycles. The standard InChI is InChI=1S/C9H11ClINO3S/c1-16(14,15)9(10,11)8(13)6-3-2-4-7(12)5-6/h2-5,8,13H,12H2,1H3/t8-,9+/m0/s1. The molecule has 4 nitrogen and oxygen atoms in total. The van der Waals surface area contributed by atoms with Gasteiger partial charge in [0.15, 0.2) is 9.84 Å². The molecule has 0 bridgehead atoms. The van der Waals surface area contributed by atoms with E-state index >= 15 is 0 Å². The summed E-state index contributed by atoms with van der Waals surface area (Å²) in [4.78, 5) is 0. The van der Waals surface area contributed by atoms with Gasteiger partial charge in [-0.3, -0.25) is 0 Å². The van der Waals surface area contributed by atoms with Crippen molar-refractivity contribution in [1.82, 2.24) is 0 Å². The molecule has 0 heterocycles. The lowest BCUT2D eigenvalue weighted by Gasteiger charge is -2.24. The summed E-state index contributed by atoms with van der Waals surface area (Å²) in [6.07, 6.45) is -0.365. The Kier molecular flexibility index (Phi) is 4.09. The molecule has 0 fully saturated rings. The Hall–Kier alpha value is -0.0500. The Bertz CT molecular complexity index is 489. The smallest absolute Gasteiger partial charge is 0.224 e. The van der Waals surface area contributed by atoms with Crippen LogP contribution < -0.4 is 5.73 Å². The molecule has 1 rings (SSSR count). The van der Waals surface area contributed by atoms with Crippen molar-refractivity contribution >= 4 is 49.7 Å². The number of sulfone groups is 1. The minimum Gasteiger partial charge on any atom is -0.399 e. The number of aliphatic hydroxyl groups is 1. The number of nitrogen functional groups attached to an aromatic ring is 1. The Morgan fingerprint density at radius 2 is 2.12 bits per heavy atom. The summed E-state index contributed by atoms with van der Waals surface area (Å²) in [5.74, 6) is 0. The molecule has 0 aliphatic carbocycles. The lowest BCUT2D eigenvalue weighted by molar-refractivity contribution is 0.188. The average Bonchev–Trinajstić information content (AvgIpc) is 2.14. The Morgan fingerprint density at radius 3 is 2.56 bits per heavy atom. The highest BCUT2D eigenvalue weighted by molar-refractivity contribution is 14.1. The number of benzene rings is 1. The Labute approximate surface area is 113 Å². The van der Waals surface area contributed by atoms with Gasteiger partial charge in [-0.1, -0.05) is 23.7 Å². The van der Waals surface area contributed by atoms with E-state index < -0.39 is 18.2 Å². The predicted molar refractivity (Wildman–Crippen MR) is 73.3 cm³/mol. The first kappa shape index (κ1) is 14.0. The highest BCUT2D eigenvalue weighted by Gasteiger charge is 2.44. The molecule has 90 valence electrons. The van der Waals surface area contributed by atoms with Crippen LogP contribution in [0.5, 0.6) is 0 Å². The number of rotatable bonds is 3. The van der Waals surface area contributed by atoms with E-state index in [1.54, 1.807) is 18.2 Å². The van der Waals surface area contributed by atoms with E-state index in [2.05, 4.69) is 0 Å². The molecule has 0 aliphatic heterocycles. The van der Waals surface area contributed by atoms with Crippen LogP contribution >= 0.6 is 34.2 Å². The zero-order valence-corrected chi connectivity index (χ0v) is 12.1. The molecule has 2 atom stereocenters. The first-order valence-corrected chi connectivity index (χ1v) is 7.62. The molecule has 16 heavy (non-hydrogen) atoms. The molecular weight excluding hydrogens is 365 g/mol.